The molecule has 2 atom stereocenters. The molecule has 11 nitrogen and oxygen atoms in total. The summed E-state index contributed by atoms with van der Waals surface area (Å²) < 4.78 is 5.53. The lowest BCUT2D eigenvalue weighted by Gasteiger charge is -2.38. The van der Waals surface area contributed by atoms with E-state index in [9.17, 15) is 24.0 Å². The second-order valence-corrected chi connectivity index (χ2v) is 12.6. The summed E-state index contributed by atoms with van der Waals surface area (Å²) in [6, 6.07) is 5.63. The standard InChI is InChI=1S/C31H49N5O6/c1-20(2)27(34-21(3)37)26(38)18-23(8-7-15-33-29(32)40)28(39)35-25-11-9-22(10-12-25)19-42-30(41)36-16-13-24(14-17-36)31(4,5)6/h9-12,20,23-24,27H,7-8,13-19H2,1-6H3,(H,34,37)(H,35,39)(H3,32,33,40). The zero-order valence-electron chi connectivity index (χ0n) is 26.0. The third-order valence-electron chi connectivity index (χ3n) is 7.78. The Morgan fingerprint density at radius 3 is 2.19 bits per heavy atom. The number of amides is 5. The van der Waals surface area contributed by atoms with Crippen molar-refractivity contribution in [1.82, 2.24) is 15.5 Å². The molecule has 0 saturated carbocycles. The fraction of sp³-hybridized carbons (Fsp3) is 0.645. The molecule has 0 aromatic heterocycles. The first-order chi connectivity index (χ1) is 19.7. The van der Waals surface area contributed by atoms with E-state index in [0.717, 1.165) is 18.4 Å². The number of primary amides is 1. The largest absolute Gasteiger partial charge is 0.445 e. The van der Waals surface area contributed by atoms with Crippen LogP contribution in [0.5, 0.6) is 0 Å². The fourth-order valence-corrected chi connectivity index (χ4v) is 5.19. The number of ketones is 1. The van der Waals surface area contributed by atoms with E-state index >= 15 is 0 Å². The third-order valence-corrected chi connectivity index (χ3v) is 7.78. The van der Waals surface area contributed by atoms with Gasteiger partial charge in [-0.15, -0.1) is 0 Å². The maximum absolute atomic E-state index is 13.2. The van der Waals surface area contributed by atoms with Crippen LogP contribution >= 0.6 is 0 Å². The summed E-state index contributed by atoms with van der Waals surface area (Å²) >= 11 is 0. The summed E-state index contributed by atoms with van der Waals surface area (Å²) in [7, 11) is 0. The zero-order valence-corrected chi connectivity index (χ0v) is 26.0. The lowest BCUT2D eigenvalue weighted by atomic mass is 9.75. The molecule has 0 bridgehead atoms. The molecule has 11 heteroatoms. The molecule has 5 N–H and O–H groups in total. The Labute approximate surface area is 249 Å². The highest BCUT2D eigenvalue weighted by Crippen LogP contribution is 2.34. The van der Waals surface area contributed by atoms with Crippen LogP contribution in [0.25, 0.3) is 0 Å². The van der Waals surface area contributed by atoms with Crippen LogP contribution in [-0.2, 0) is 25.7 Å². The van der Waals surface area contributed by atoms with Crippen molar-refractivity contribution in [3.05, 3.63) is 29.8 Å². The Kier molecular flexibility index (Phi) is 13.3. The highest BCUT2D eigenvalue weighted by Gasteiger charge is 2.31. The number of anilines is 1. The topological polar surface area (TPSA) is 160 Å². The van der Waals surface area contributed by atoms with Gasteiger partial charge in [0.05, 0.1) is 6.04 Å². The van der Waals surface area contributed by atoms with E-state index in [0.29, 0.717) is 37.5 Å². The van der Waals surface area contributed by atoms with Crippen molar-refractivity contribution in [2.75, 3.05) is 25.0 Å². The van der Waals surface area contributed by atoms with Gasteiger partial charge in [0, 0.05) is 44.6 Å². The fourth-order valence-electron chi connectivity index (χ4n) is 5.19. The summed E-state index contributed by atoms with van der Waals surface area (Å²) in [5.74, 6) is -1.12. The molecule has 1 heterocycles. The van der Waals surface area contributed by atoms with Gasteiger partial charge in [-0.3, -0.25) is 14.4 Å². The van der Waals surface area contributed by atoms with Gasteiger partial charge in [-0.1, -0.05) is 46.8 Å². The second-order valence-electron chi connectivity index (χ2n) is 12.6. The molecule has 234 valence electrons. The average molecular weight is 588 g/mol. The number of nitrogens with zero attached hydrogens (tertiary/aromatic N) is 1. The third kappa shape index (κ3) is 11.7. The molecule has 1 aromatic rings. The number of carbonyl (C=O) groups is 5. The van der Waals surface area contributed by atoms with E-state index in [4.69, 9.17) is 10.5 Å². The van der Waals surface area contributed by atoms with Crippen molar-refractivity contribution in [2.24, 2.45) is 28.9 Å². The molecule has 5 amide bonds. The van der Waals surface area contributed by atoms with Gasteiger partial charge in [0.15, 0.2) is 5.78 Å². The first-order valence-electron chi connectivity index (χ1n) is 14.8. The summed E-state index contributed by atoms with van der Waals surface area (Å²) in [5, 5.41) is 8.03. The van der Waals surface area contributed by atoms with Crippen LogP contribution in [-0.4, -0.2) is 60.3 Å². The van der Waals surface area contributed by atoms with Crippen molar-refractivity contribution < 1.29 is 28.7 Å². The number of ether oxygens (including phenoxy) is 1. The Balaban J connectivity index is 1.95. The van der Waals surface area contributed by atoms with Gasteiger partial charge in [-0.25, -0.2) is 9.59 Å². The Hall–Kier alpha value is -3.63. The lowest BCUT2D eigenvalue weighted by Crippen LogP contribution is -2.44. The van der Waals surface area contributed by atoms with Crippen molar-refractivity contribution in [1.29, 1.82) is 0 Å². The maximum Gasteiger partial charge on any atom is 0.410 e. The van der Waals surface area contributed by atoms with E-state index in [2.05, 4.69) is 36.7 Å². The number of carbonyl (C=O) groups excluding carboxylic acids is 5. The summed E-state index contributed by atoms with van der Waals surface area (Å²) in [6.07, 6.45) is 2.33. The van der Waals surface area contributed by atoms with Crippen molar-refractivity contribution >= 4 is 35.4 Å². The SMILES string of the molecule is CC(=O)NC(C(=O)CC(CCCNC(N)=O)C(=O)Nc1ccc(COC(=O)N2CCC(C(C)(C)C)CC2)cc1)C(C)C. The number of likely N-dealkylation sites (tertiary alicyclic amines) is 1. The zero-order chi connectivity index (χ0) is 31.4. The molecule has 0 radical (unpaired) electrons. The van der Waals surface area contributed by atoms with Gasteiger partial charge in [-0.2, -0.15) is 0 Å². The molecule has 1 aromatic carbocycles. The van der Waals surface area contributed by atoms with Gasteiger partial charge in [0.25, 0.3) is 0 Å². The summed E-state index contributed by atoms with van der Waals surface area (Å²) in [6.45, 7) is 13.5. The first-order valence-corrected chi connectivity index (χ1v) is 14.8. The predicted molar refractivity (Wildman–Crippen MR) is 161 cm³/mol. The van der Waals surface area contributed by atoms with Crippen LogP contribution in [0, 0.1) is 23.2 Å². The van der Waals surface area contributed by atoms with Gasteiger partial charge in [-0.05, 0) is 60.6 Å². The minimum atomic E-state index is -0.701. The van der Waals surface area contributed by atoms with Crippen molar-refractivity contribution in [3.63, 3.8) is 0 Å². The molecular formula is C31H49N5O6. The quantitative estimate of drug-likeness (QED) is 0.253. The minimum Gasteiger partial charge on any atom is -0.445 e. The van der Waals surface area contributed by atoms with Crippen molar-refractivity contribution in [3.8, 4) is 0 Å². The van der Waals surface area contributed by atoms with Crippen LogP contribution in [0.1, 0.15) is 79.2 Å². The van der Waals surface area contributed by atoms with Gasteiger partial charge in [0.1, 0.15) is 6.61 Å². The number of nitrogens with one attached hydrogen (secondary N) is 3. The number of rotatable bonds is 13. The molecular weight excluding hydrogens is 538 g/mol. The molecule has 0 aliphatic carbocycles. The van der Waals surface area contributed by atoms with E-state index in [-0.39, 0.29) is 54.6 Å². The normalized spacial score (nSPS) is 15.5. The monoisotopic (exact) mass is 587 g/mol. The number of piperidine rings is 1. The van der Waals surface area contributed by atoms with Crippen LogP contribution < -0.4 is 21.7 Å². The highest BCUT2D eigenvalue weighted by molar-refractivity contribution is 5.97. The van der Waals surface area contributed by atoms with E-state index in [1.54, 1.807) is 29.2 Å². The molecule has 2 unspecified atom stereocenters. The molecule has 42 heavy (non-hydrogen) atoms. The minimum absolute atomic E-state index is 0.0629. The molecule has 1 saturated heterocycles. The van der Waals surface area contributed by atoms with Gasteiger partial charge >= 0.3 is 12.1 Å². The Morgan fingerprint density at radius 1 is 1.05 bits per heavy atom. The van der Waals surface area contributed by atoms with E-state index in [1.807, 2.05) is 13.8 Å². The maximum atomic E-state index is 13.2. The van der Waals surface area contributed by atoms with Crippen molar-refractivity contribution in [2.45, 2.75) is 86.3 Å². The molecule has 0 spiro atoms. The summed E-state index contributed by atoms with van der Waals surface area (Å²) in [4.78, 5) is 63.2. The first kappa shape index (κ1) is 34.6. The second kappa shape index (κ2) is 16.1. The number of benzene rings is 1. The van der Waals surface area contributed by atoms with Crippen LogP contribution in [0.15, 0.2) is 24.3 Å². The van der Waals surface area contributed by atoms with Crippen LogP contribution in [0.3, 0.4) is 0 Å². The summed E-state index contributed by atoms with van der Waals surface area (Å²) in [5.41, 5.74) is 6.67. The van der Waals surface area contributed by atoms with Gasteiger partial charge in [0.2, 0.25) is 11.8 Å². The number of nitrogens with two attached hydrogens (primary N) is 1. The van der Waals surface area contributed by atoms with E-state index in [1.165, 1.54) is 6.92 Å². The smallest absolute Gasteiger partial charge is 0.410 e. The highest BCUT2D eigenvalue weighted by atomic mass is 16.6. The van der Waals surface area contributed by atoms with Gasteiger partial charge < -0.3 is 31.3 Å². The predicted octanol–water partition coefficient (Wildman–Crippen LogP) is 4.20. The number of urea groups is 1. The number of hydrogen-bond donors (Lipinski definition) is 4. The Morgan fingerprint density at radius 2 is 1.67 bits per heavy atom. The number of Topliss-reactive ketones (excluding diaryl/α,β-unsaturated/α-hetero) is 1. The van der Waals surface area contributed by atoms with E-state index < -0.39 is 18.0 Å². The molecule has 1 fully saturated rings. The average Bonchev–Trinajstić information content (AvgIpc) is 2.91. The molecule has 2 rings (SSSR count). The molecule has 1 aliphatic rings. The Bertz CT molecular complexity index is 1070. The van der Waals surface area contributed by atoms with Crippen LogP contribution in [0.4, 0.5) is 15.3 Å². The number of hydrogen-bond acceptors (Lipinski definition) is 6. The molecule has 1 aliphatic heterocycles. The van der Waals surface area contributed by atoms with Crippen LogP contribution in [0.2, 0.25) is 0 Å². The lowest BCUT2D eigenvalue weighted by molar-refractivity contribution is -0.130.